The van der Waals surface area contributed by atoms with E-state index >= 15 is 0 Å². The van der Waals surface area contributed by atoms with Crippen LogP contribution in [0.4, 0.5) is 8.78 Å². The number of rotatable bonds is 22. The monoisotopic (exact) mass is 1530 g/mol. The van der Waals surface area contributed by atoms with Gasteiger partial charge < -0.3 is 28.5 Å². The number of benzene rings is 2. The maximum absolute atomic E-state index is 15.0. The Labute approximate surface area is 647 Å². The number of fused-ring (bicyclic) bond motifs is 12. The molecular weight excluding hydrogens is 1410 g/mol. The molecule has 2 aromatic heterocycles. The number of allylic oxidation sites excluding steroid dienone is 4. The van der Waals surface area contributed by atoms with Gasteiger partial charge in [-0.05, 0) is 251 Å². The van der Waals surface area contributed by atoms with Gasteiger partial charge in [0.15, 0.2) is 11.6 Å². The predicted octanol–water partition coefficient (Wildman–Crippen LogP) is 20.9. The largest absolute Gasteiger partial charge is 0.481 e. The van der Waals surface area contributed by atoms with Crippen molar-refractivity contribution in [3.8, 4) is 22.9 Å². The first kappa shape index (κ1) is 79.9. The molecule has 0 bridgehead atoms. The fourth-order valence-electron chi connectivity index (χ4n) is 25.7. The van der Waals surface area contributed by atoms with Crippen molar-refractivity contribution >= 4 is 58.6 Å². The number of hydrogen-bond donors (Lipinski definition) is 2. The third-order valence-corrected chi connectivity index (χ3v) is 32.9. The van der Waals surface area contributed by atoms with Gasteiger partial charge in [-0.15, -0.1) is 20.4 Å². The number of carboxylic acid groups (broad SMARTS) is 2. The Morgan fingerprint density at radius 1 is 0.620 bits per heavy atom. The van der Waals surface area contributed by atoms with E-state index in [4.69, 9.17) is 41.5 Å². The maximum atomic E-state index is 15.0. The zero-order valence-corrected chi connectivity index (χ0v) is 68.4. The van der Waals surface area contributed by atoms with Gasteiger partial charge in [-0.3, -0.25) is 28.8 Å². The Kier molecular flexibility index (Phi) is 20.6. The van der Waals surface area contributed by atoms with Gasteiger partial charge in [0.2, 0.25) is 11.8 Å². The van der Waals surface area contributed by atoms with Gasteiger partial charge in [-0.25, -0.2) is 8.78 Å². The molecule has 1 unspecified atom stereocenters. The molecule has 2 N–H and O–H groups in total. The number of ether oxygens (including phenoxy) is 2. The summed E-state index contributed by atoms with van der Waals surface area (Å²) in [5, 5.41) is 38.9. The minimum absolute atomic E-state index is 0.00397. The first-order valence-corrected chi connectivity index (χ1v) is 41.2. The van der Waals surface area contributed by atoms with Crippen molar-refractivity contribution in [1.82, 2.24) is 20.4 Å². The summed E-state index contributed by atoms with van der Waals surface area (Å²) in [5.41, 5.74) is -0.415. The average Bonchev–Trinajstić information content (AvgIpc) is 1.13. The lowest BCUT2D eigenvalue weighted by Gasteiger charge is -2.72. The van der Waals surface area contributed by atoms with Gasteiger partial charge in [-0.2, -0.15) is 0 Å². The molecule has 13 rings (SSSR count). The van der Waals surface area contributed by atoms with E-state index in [0.29, 0.717) is 74.2 Å². The Morgan fingerprint density at radius 2 is 1.15 bits per heavy atom. The van der Waals surface area contributed by atoms with Gasteiger partial charge in [0, 0.05) is 41.9 Å². The SMILES string of the molecule is CC[C@H](CC[C@@]1(C)[C@H](C)CC[C@]2(C)[C@@H]1CC[C@@H]1C3=C(C(C)C)C(=O)C[C@]3(Cc3nnc(-c4c(F)cccc4F)o3)CC[C@]12C)OC(=O)CC(C)(Cc1ccc(Cl)c(-c2nnc(C[C@@]34CC[C@]5(C)[C@H](CC[C@@H]6[C@@]7(C)CC[C@H](OC(=O)CC(C)(C)C(=O)O)C(C)(C)[C@@H]7CC[C@]65C)C3=C(C(C)C)C(=O)C4)o2)c1Cl)C(=O)O. The summed E-state index contributed by atoms with van der Waals surface area (Å²) in [6.07, 6.45) is 14.3. The molecule has 16 nitrogen and oxygen atoms in total. The Hall–Kier alpha value is -6.14. The minimum Gasteiger partial charge on any atom is -0.481 e. The summed E-state index contributed by atoms with van der Waals surface area (Å²) in [4.78, 5) is 82.5. The standard InChI is InChI=1S/C88H116Cl2F2N4O12/c1-18-51(29-32-81(12)49(6)28-34-85(16)60(81)26-23-52-71-67(47(2)3)58(98)42-88(71,38-36-83(52,85)14)44-64-94-96-75(108-64)70-55(91)20-19-21-56(70)92)105-66(100)46-80(11,77(103)104)40-50-22-25-54(89)69(73(50)90)74-95-93-63(107-74)43-87-39-37-84(15)53(72(87)68(48(4)5)57(97)41-87)24-27-61-82(13)33-31-62(106-65(99)45-78(7,8)76(101)102)79(9,10)59(82)30-35-86(61,84)17/h19-22,25,47-49,51-53,59-62H,18,23-24,26-46H2,1-17H3,(H,101,102)(H,103,104)/t49-,51-,52-,53-,59+,60-,61-,62+,80?,81+,82+,83-,84-,85-,86-,87+,88+/m1/s1. The smallest absolute Gasteiger partial charge is 0.310 e. The number of Topliss-reactive ketones (excluding diaryl/α,β-unsaturated/α-hetero) is 2. The number of carbonyl (C=O) groups excluding carboxylic acids is 4. The number of nitrogens with zero attached hydrogens (tertiary/aromatic N) is 4. The lowest BCUT2D eigenvalue weighted by molar-refractivity contribution is -0.233. The molecule has 9 aliphatic rings. The fraction of sp³-hybridized carbons (Fsp3) is 0.705. The van der Waals surface area contributed by atoms with Crippen LogP contribution in [0.2, 0.25) is 10.0 Å². The Bertz CT molecular complexity index is 4340. The van der Waals surface area contributed by atoms with Crippen molar-refractivity contribution < 1.29 is 66.1 Å². The van der Waals surface area contributed by atoms with Crippen molar-refractivity contribution in [2.75, 3.05) is 0 Å². The van der Waals surface area contributed by atoms with Crippen molar-refractivity contribution in [2.24, 2.45) is 107 Å². The van der Waals surface area contributed by atoms with Crippen LogP contribution in [0.25, 0.3) is 22.9 Å². The molecule has 2 heterocycles. The third kappa shape index (κ3) is 12.6. The zero-order chi connectivity index (χ0) is 78.6. The molecule has 17 atom stereocenters. The summed E-state index contributed by atoms with van der Waals surface area (Å²) in [6.45, 7) is 36.9. The number of hydrogen-bond acceptors (Lipinski definition) is 14. The molecule has 7 fully saturated rings. The van der Waals surface area contributed by atoms with Gasteiger partial charge in [-0.1, -0.05) is 143 Å². The van der Waals surface area contributed by atoms with Gasteiger partial charge >= 0.3 is 23.9 Å². The van der Waals surface area contributed by atoms with E-state index in [9.17, 15) is 47.8 Å². The van der Waals surface area contributed by atoms with Crippen LogP contribution in [-0.2, 0) is 57.5 Å². The van der Waals surface area contributed by atoms with Crippen molar-refractivity contribution in [2.45, 2.75) is 284 Å². The number of aliphatic carboxylic acids is 2. The summed E-state index contributed by atoms with van der Waals surface area (Å²) in [7, 11) is 0. The summed E-state index contributed by atoms with van der Waals surface area (Å²) in [5.74, 6) is -2.53. The van der Waals surface area contributed by atoms with E-state index in [1.807, 2.05) is 6.92 Å². The normalized spacial score (nSPS) is 35.1. The topological polar surface area (TPSA) is 239 Å². The molecule has 2 aromatic carbocycles. The van der Waals surface area contributed by atoms with Crippen molar-refractivity contribution in [3.05, 3.63) is 91.6 Å². The van der Waals surface area contributed by atoms with Crippen LogP contribution in [0.15, 0.2) is 61.5 Å². The highest BCUT2D eigenvalue weighted by atomic mass is 35.5. The summed E-state index contributed by atoms with van der Waals surface area (Å²) >= 11 is 14.4. The molecular formula is C88H116Cl2F2N4O12. The molecule has 0 amide bonds. The van der Waals surface area contributed by atoms with E-state index < -0.39 is 69.7 Å². The highest BCUT2D eigenvalue weighted by Crippen LogP contribution is 2.79. The molecule has 588 valence electrons. The molecule has 0 saturated heterocycles. The third-order valence-electron chi connectivity index (χ3n) is 32.1. The predicted molar refractivity (Wildman–Crippen MR) is 408 cm³/mol. The number of halogens is 4. The number of ketones is 2. The van der Waals surface area contributed by atoms with Gasteiger partial charge in [0.25, 0.3) is 11.8 Å². The molecule has 4 aromatic rings. The summed E-state index contributed by atoms with van der Waals surface area (Å²) in [6, 6.07) is 6.93. The van der Waals surface area contributed by atoms with Crippen LogP contribution in [0, 0.1) is 119 Å². The molecule has 0 spiro atoms. The first-order chi connectivity index (χ1) is 50.4. The van der Waals surface area contributed by atoms with E-state index in [0.717, 1.165) is 113 Å². The number of carbonyl (C=O) groups is 6. The van der Waals surface area contributed by atoms with Crippen LogP contribution in [0.1, 0.15) is 270 Å². The van der Waals surface area contributed by atoms with Crippen molar-refractivity contribution in [1.29, 1.82) is 0 Å². The second-order valence-electron chi connectivity index (χ2n) is 39.1. The van der Waals surface area contributed by atoms with Crippen LogP contribution in [-0.4, -0.2) is 78.3 Å². The van der Waals surface area contributed by atoms with E-state index in [1.165, 1.54) is 24.1 Å². The second kappa shape index (κ2) is 27.9. The highest BCUT2D eigenvalue weighted by molar-refractivity contribution is 6.39. The van der Waals surface area contributed by atoms with Crippen LogP contribution in [0.3, 0.4) is 0 Å². The van der Waals surface area contributed by atoms with Crippen LogP contribution >= 0.6 is 23.2 Å². The Morgan fingerprint density at radius 3 is 1.68 bits per heavy atom. The van der Waals surface area contributed by atoms with Crippen molar-refractivity contribution in [3.63, 3.8) is 0 Å². The van der Waals surface area contributed by atoms with Gasteiger partial charge in [0.05, 0.1) is 39.3 Å². The lowest BCUT2D eigenvalue weighted by atomic mass is 9.33. The second-order valence-corrected chi connectivity index (χ2v) is 39.9. The van der Waals surface area contributed by atoms with Crippen LogP contribution in [0.5, 0.6) is 0 Å². The van der Waals surface area contributed by atoms with E-state index in [-0.39, 0.29) is 137 Å². The quantitative estimate of drug-likeness (QED) is 0.0695. The molecule has 0 radical (unpaired) electrons. The molecule has 9 aliphatic carbocycles. The molecule has 0 aliphatic heterocycles. The molecule has 20 heteroatoms. The number of aromatic nitrogens is 4. The fourth-order valence-corrected chi connectivity index (χ4v) is 26.3. The zero-order valence-electron chi connectivity index (χ0n) is 66.9. The Balaban J connectivity index is 0.679. The van der Waals surface area contributed by atoms with Crippen LogP contribution < -0.4 is 0 Å². The maximum Gasteiger partial charge on any atom is 0.310 e. The van der Waals surface area contributed by atoms with E-state index in [2.05, 4.69) is 110 Å². The molecule has 7 saturated carbocycles. The minimum atomic E-state index is -1.66. The summed E-state index contributed by atoms with van der Waals surface area (Å²) < 4.78 is 55.3. The van der Waals surface area contributed by atoms with Gasteiger partial charge in [0.1, 0.15) is 29.4 Å². The number of carboxylic acids is 2. The highest BCUT2D eigenvalue weighted by Gasteiger charge is 2.72. The average molecular weight is 1530 g/mol. The number of esters is 2. The molecule has 108 heavy (non-hydrogen) atoms. The van der Waals surface area contributed by atoms with E-state index in [1.54, 1.807) is 26.0 Å². The first-order valence-electron chi connectivity index (χ1n) is 40.4. The lowest BCUT2D eigenvalue weighted by Crippen LogP contribution is -2.65.